The van der Waals surface area contributed by atoms with Crippen molar-refractivity contribution in [1.82, 2.24) is 9.03 Å². The van der Waals surface area contributed by atoms with Crippen LogP contribution in [0, 0.1) is 5.92 Å². The number of aliphatic carboxylic acids is 1. The molecule has 102 valence electrons. The summed E-state index contributed by atoms with van der Waals surface area (Å²) in [7, 11) is -3.49. The van der Waals surface area contributed by atoms with Gasteiger partial charge in [0.25, 0.3) is 10.2 Å². The first kappa shape index (κ1) is 14.0. The number of nitrogens with one attached hydrogen (secondary N) is 1. The Morgan fingerprint density at radius 2 is 2.17 bits per heavy atom. The van der Waals surface area contributed by atoms with Gasteiger partial charge in [0, 0.05) is 19.1 Å². The Kier molecular flexibility index (Phi) is 4.10. The predicted octanol–water partition coefficient (Wildman–Crippen LogP) is 0.669. The number of hydrogen-bond acceptors (Lipinski definition) is 3. The van der Waals surface area contributed by atoms with Gasteiger partial charge in [-0.3, -0.25) is 4.79 Å². The monoisotopic (exact) mass is 338 g/mol. The van der Waals surface area contributed by atoms with Crippen LogP contribution in [0.1, 0.15) is 19.3 Å². The molecule has 0 saturated heterocycles. The number of carbonyl (C=O) groups is 1. The molecule has 1 fully saturated rings. The largest absolute Gasteiger partial charge is 0.481 e. The highest BCUT2D eigenvalue weighted by atomic mass is 79.9. The standard InChI is InChI=1S/C10H15BrN2O4S/c11-8-1-3-13(4-2-8)18(16,17)12-9-5-7(6-9)10(14)15/h1,7,9,12H,2-6H2,(H,14,15). The van der Waals surface area contributed by atoms with Gasteiger partial charge in [0.15, 0.2) is 0 Å². The van der Waals surface area contributed by atoms with Crippen LogP contribution in [0.25, 0.3) is 0 Å². The highest BCUT2D eigenvalue weighted by Gasteiger charge is 2.38. The van der Waals surface area contributed by atoms with Crippen LogP contribution in [0.3, 0.4) is 0 Å². The minimum atomic E-state index is -3.49. The molecule has 1 aliphatic carbocycles. The van der Waals surface area contributed by atoms with Crippen LogP contribution in [0.15, 0.2) is 10.6 Å². The third-order valence-electron chi connectivity index (χ3n) is 3.26. The van der Waals surface area contributed by atoms with Gasteiger partial charge in [-0.05, 0) is 23.7 Å². The van der Waals surface area contributed by atoms with Crippen LogP contribution in [-0.4, -0.2) is 42.9 Å². The molecule has 2 N–H and O–H groups in total. The van der Waals surface area contributed by atoms with Crippen LogP contribution in [0.2, 0.25) is 0 Å². The Hall–Kier alpha value is -0.440. The molecule has 1 saturated carbocycles. The van der Waals surface area contributed by atoms with E-state index < -0.39 is 22.1 Å². The van der Waals surface area contributed by atoms with Crippen LogP contribution in [0.4, 0.5) is 0 Å². The lowest BCUT2D eigenvalue weighted by atomic mass is 9.81. The van der Waals surface area contributed by atoms with E-state index in [4.69, 9.17) is 5.11 Å². The first-order valence-corrected chi connectivity index (χ1v) is 7.96. The smallest absolute Gasteiger partial charge is 0.306 e. The van der Waals surface area contributed by atoms with Gasteiger partial charge < -0.3 is 5.11 Å². The van der Waals surface area contributed by atoms with Crippen LogP contribution < -0.4 is 4.72 Å². The molecule has 0 aromatic rings. The summed E-state index contributed by atoms with van der Waals surface area (Å²) >= 11 is 3.34. The molecule has 6 nitrogen and oxygen atoms in total. The number of nitrogens with zero attached hydrogens (tertiary/aromatic N) is 1. The summed E-state index contributed by atoms with van der Waals surface area (Å²) in [6.07, 6.45) is 3.25. The quantitative estimate of drug-likeness (QED) is 0.788. The van der Waals surface area contributed by atoms with Crippen molar-refractivity contribution >= 4 is 32.1 Å². The molecule has 0 aromatic heterocycles. The zero-order chi connectivity index (χ0) is 13.3. The van der Waals surface area contributed by atoms with Gasteiger partial charge in [-0.2, -0.15) is 17.4 Å². The van der Waals surface area contributed by atoms with E-state index in [1.165, 1.54) is 4.31 Å². The maximum Gasteiger partial charge on any atom is 0.306 e. The normalized spacial score (nSPS) is 29.5. The minimum Gasteiger partial charge on any atom is -0.481 e. The van der Waals surface area contributed by atoms with Crippen LogP contribution in [-0.2, 0) is 15.0 Å². The van der Waals surface area contributed by atoms with Gasteiger partial charge in [-0.1, -0.05) is 22.0 Å². The Balaban J connectivity index is 1.88. The SMILES string of the molecule is O=C(O)C1CC(NS(=O)(=O)N2CC=C(Br)CC2)C1. The number of carboxylic acid groups (broad SMARTS) is 1. The van der Waals surface area contributed by atoms with E-state index in [0.29, 0.717) is 32.4 Å². The fraction of sp³-hybridized carbons (Fsp3) is 0.700. The molecule has 1 aliphatic heterocycles. The van der Waals surface area contributed by atoms with Crippen LogP contribution in [0.5, 0.6) is 0 Å². The van der Waals surface area contributed by atoms with Crippen LogP contribution >= 0.6 is 15.9 Å². The zero-order valence-electron chi connectivity index (χ0n) is 9.67. The summed E-state index contributed by atoms with van der Waals surface area (Å²) in [5.74, 6) is -1.26. The van der Waals surface area contributed by atoms with Crippen molar-refractivity contribution in [2.75, 3.05) is 13.1 Å². The van der Waals surface area contributed by atoms with Gasteiger partial charge in [0.2, 0.25) is 0 Å². The second-order valence-electron chi connectivity index (χ2n) is 4.59. The molecule has 0 aromatic carbocycles. The molecular formula is C10H15BrN2O4S. The van der Waals surface area contributed by atoms with Crippen molar-refractivity contribution in [3.8, 4) is 0 Å². The Morgan fingerprint density at radius 1 is 1.50 bits per heavy atom. The molecule has 0 bridgehead atoms. The summed E-state index contributed by atoms with van der Waals surface area (Å²) in [4.78, 5) is 10.6. The van der Waals surface area contributed by atoms with E-state index in [9.17, 15) is 13.2 Å². The topological polar surface area (TPSA) is 86.7 Å². The summed E-state index contributed by atoms with van der Waals surface area (Å²) in [6.45, 7) is 0.798. The van der Waals surface area contributed by atoms with E-state index in [0.717, 1.165) is 4.48 Å². The van der Waals surface area contributed by atoms with Gasteiger partial charge in [0.1, 0.15) is 0 Å². The summed E-state index contributed by atoms with van der Waals surface area (Å²) in [5, 5.41) is 8.73. The van der Waals surface area contributed by atoms with E-state index in [1.807, 2.05) is 6.08 Å². The maximum absolute atomic E-state index is 12.0. The molecule has 18 heavy (non-hydrogen) atoms. The molecule has 1 heterocycles. The van der Waals surface area contributed by atoms with Crippen molar-refractivity contribution < 1.29 is 18.3 Å². The summed E-state index contributed by atoms with van der Waals surface area (Å²) < 4.78 is 28.9. The number of halogens is 1. The van der Waals surface area contributed by atoms with Gasteiger partial charge >= 0.3 is 5.97 Å². The average Bonchev–Trinajstić information content (AvgIpc) is 2.23. The second-order valence-corrected chi connectivity index (χ2v) is 7.31. The highest BCUT2D eigenvalue weighted by molar-refractivity contribution is 9.11. The fourth-order valence-corrected chi connectivity index (χ4v) is 3.73. The maximum atomic E-state index is 12.0. The number of carboxylic acids is 1. The molecule has 0 unspecified atom stereocenters. The molecule has 0 amide bonds. The predicted molar refractivity (Wildman–Crippen MR) is 69.4 cm³/mol. The van der Waals surface area contributed by atoms with E-state index in [2.05, 4.69) is 20.7 Å². The molecule has 0 spiro atoms. The van der Waals surface area contributed by atoms with Crippen molar-refractivity contribution in [2.24, 2.45) is 5.92 Å². The Morgan fingerprint density at radius 3 is 2.67 bits per heavy atom. The fourth-order valence-electron chi connectivity index (χ4n) is 2.04. The lowest BCUT2D eigenvalue weighted by Crippen LogP contribution is -2.52. The van der Waals surface area contributed by atoms with E-state index >= 15 is 0 Å². The van der Waals surface area contributed by atoms with Gasteiger partial charge in [-0.15, -0.1) is 0 Å². The van der Waals surface area contributed by atoms with Crippen molar-refractivity contribution in [1.29, 1.82) is 0 Å². The first-order chi connectivity index (χ1) is 8.38. The minimum absolute atomic E-state index is 0.245. The Bertz CT molecular complexity index is 470. The van der Waals surface area contributed by atoms with Crippen molar-refractivity contribution in [3.05, 3.63) is 10.6 Å². The third-order valence-corrected chi connectivity index (χ3v) is 5.62. The van der Waals surface area contributed by atoms with Gasteiger partial charge in [-0.25, -0.2) is 0 Å². The van der Waals surface area contributed by atoms with E-state index in [1.54, 1.807) is 0 Å². The molecular weight excluding hydrogens is 324 g/mol. The number of rotatable bonds is 4. The van der Waals surface area contributed by atoms with E-state index in [-0.39, 0.29) is 6.04 Å². The number of hydrogen-bond donors (Lipinski definition) is 2. The Labute approximate surface area is 114 Å². The van der Waals surface area contributed by atoms with Crippen molar-refractivity contribution in [3.63, 3.8) is 0 Å². The molecule has 8 heteroatoms. The summed E-state index contributed by atoms with van der Waals surface area (Å²) in [5.41, 5.74) is 0. The molecule has 2 rings (SSSR count). The van der Waals surface area contributed by atoms with Crippen molar-refractivity contribution in [2.45, 2.75) is 25.3 Å². The lowest BCUT2D eigenvalue weighted by molar-refractivity contribution is -0.145. The summed E-state index contributed by atoms with van der Waals surface area (Å²) in [6, 6.07) is -0.245. The second kappa shape index (κ2) is 5.28. The average molecular weight is 339 g/mol. The molecule has 2 aliphatic rings. The third kappa shape index (κ3) is 3.11. The first-order valence-electron chi connectivity index (χ1n) is 5.73. The zero-order valence-corrected chi connectivity index (χ0v) is 12.1. The highest BCUT2D eigenvalue weighted by Crippen LogP contribution is 2.28. The molecule has 0 radical (unpaired) electrons. The lowest BCUT2D eigenvalue weighted by Gasteiger charge is -2.34. The van der Waals surface area contributed by atoms with Gasteiger partial charge in [0.05, 0.1) is 5.92 Å². The molecule has 0 atom stereocenters.